The van der Waals surface area contributed by atoms with E-state index >= 15 is 0 Å². The number of carbonyl (C=O) groups is 1. The number of aromatic nitrogens is 1. The Kier molecular flexibility index (Phi) is 4.50. The molecule has 4 nitrogen and oxygen atoms in total. The van der Waals surface area contributed by atoms with Crippen molar-refractivity contribution in [2.45, 2.75) is 26.2 Å². The molecule has 2 aromatic rings. The monoisotopic (exact) mass is 298 g/mol. The van der Waals surface area contributed by atoms with E-state index in [2.05, 4.69) is 31.8 Å². The molecular weight excluding hydrogens is 276 g/mol. The molecule has 1 amide bonds. The Hall–Kier alpha value is -2.36. The molecule has 0 aliphatic rings. The van der Waals surface area contributed by atoms with Crippen molar-refractivity contribution in [2.75, 3.05) is 14.1 Å². The summed E-state index contributed by atoms with van der Waals surface area (Å²) in [5, 5.41) is 0. The first-order valence-corrected chi connectivity index (χ1v) is 7.23. The zero-order valence-corrected chi connectivity index (χ0v) is 13.8. The number of pyridine rings is 1. The predicted octanol–water partition coefficient (Wildman–Crippen LogP) is 4.11. The van der Waals surface area contributed by atoms with Crippen LogP contribution in [-0.2, 0) is 5.41 Å². The molecule has 2 rings (SSSR count). The van der Waals surface area contributed by atoms with Gasteiger partial charge in [-0.1, -0.05) is 32.9 Å². The molecule has 0 N–H and O–H groups in total. The van der Waals surface area contributed by atoms with E-state index in [0.29, 0.717) is 5.75 Å². The second kappa shape index (κ2) is 6.18. The first kappa shape index (κ1) is 16.0. The lowest BCUT2D eigenvalue weighted by atomic mass is 9.87. The number of rotatable bonds is 2. The molecule has 0 aliphatic carbocycles. The van der Waals surface area contributed by atoms with E-state index in [0.717, 1.165) is 11.3 Å². The van der Waals surface area contributed by atoms with Gasteiger partial charge in [-0.15, -0.1) is 0 Å². The van der Waals surface area contributed by atoms with Gasteiger partial charge in [0.25, 0.3) is 0 Å². The third-order valence-corrected chi connectivity index (χ3v) is 3.33. The highest BCUT2D eigenvalue weighted by Crippen LogP contribution is 2.27. The molecule has 1 aromatic carbocycles. The summed E-state index contributed by atoms with van der Waals surface area (Å²) in [6.45, 7) is 6.50. The van der Waals surface area contributed by atoms with Crippen LogP contribution in [0.5, 0.6) is 5.75 Å². The number of amides is 1. The second-order valence-electron chi connectivity index (χ2n) is 6.47. The number of hydrogen-bond donors (Lipinski definition) is 0. The smallest absolute Gasteiger partial charge is 0.410 e. The van der Waals surface area contributed by atoms with Crippen LogP contribution in [0.1, 0.15) is 26.3 Å². The van der Waals surface area contributed by atoms with Gasteiger partial charge in [0.15, 0.2) is 0 Å². The van der Waals surface area contributed by atoms with Gasteiger partial charge in [0.1, 0.15) is 5.75 Å². The first-order valence-electron chi connectivity index (χ1n) is 7.23. The van der Waals surface area contributed by atoms with Crippen LogP contribution in [-0.4, -0.2) is 30.1 Å². The maximum absolute atomic E-state index is 11.6. The van der Waals surface area contributed by atoms with E-state index in [1.807, 2.05) is 30.5 Å². The summed E-state index contributed by atoms with van der Waals surface area (Å²) in [6.07, 6.45) is 1.42. The largest absolute Gasteiger partial charge is 0.414 e. The summed E-state index contributed by atoms with van der Waals surface area (Å²) < 4.78 is 5.29. The quantitative estimate of drug-likeness (QED) is 0.838. The fourth-order valence-corrected chi connectivity index (χ4v) is 1.97. The molecule has 22 heavy (non-hydrogen) atoms. The molecule has 4 heteroatoms. The zero-order valence-electron chi connectivity index (χ0n) is 13.8. The summed E-state index contributed by atoms with van der Waals surface area (Å²) in [7, 11) is 3.31. The fourth-order valence-electron chi connectivity index (χ4n) is 1.97. The van der Waals surface area contributed by atoms with Gasteiger partial charge in [0.05, 0.1) is 5.69 Å². The molecule has 0 spiro atoms. The van der Waals surface area contributed by atoms with Crippen molar-refractivity contribution in [2.24, 2.45) is 0 Å². The molecule has 0 bridgehead atoms. The van der Waals surface area contributed by atoms with Crippen LogP contribution in [0.3, 0.4) is 0 Å². The van der Waals surface area contributed by atoms with Gasteiger partial charge < -0.3 is 9.64 Å². The summed E-state index contributed by atoms with van der Waals surface area (Å²) in [6, 6.07) is 11.5. The van der Waals surface area contributed by atoms with E-state index in [9.17, 15) is 4.79 Å². The topological polar surface area (TPSA) is 42.4 Å². The van der Waals surface area contributed by atoms with E-state index in [1.165, 1.54) is 10.5 Å². The Bertz CT molecular complexity index is 673. The Labute approximate surface area is 131 Å². The maximum atomic E-state index is 11.6. The Morgan fingerprint density at radius 3 is 2.50 bits per heavy atom. The van der Waals surface area contributed by atoms with Crippen molar-refractivity contribution in [1.29, 1.82) is 0 Å². The minimum absolute atomic E-state index is 0.0622. The molecule has 0 unspecified atom stereocenters. The van der Waals surface area contributed by atoms with E-state index in [1.54, 1.807) is 20.2 Å². The van der Waals surface area contributed by atoms with Crippen molar-refractivity contribution in [3.8, 4) is 17.0 Å². The number of hydrogen-bond acceptors (Lipinski definition) is 3. The number of ether oxygens (including phenoxy) is 1. The number of carbonyl (C=O) groups excluding carboxylic acids is 1. The van der Waals surface area contributed by atoms with E-state index in [-0.39, 0.29) is 5.41 Å². The van der Waals surface area contributed by atoms with Crippen LogP contribution in [0.15, 0.2) is 42.6 Å². The highest BCUT2D eigenvalue weighted by Gasteiger charge is 2.15. The first-order chi connectivity index (χ1) is 10.3. The molecule has 0 saturated heterocycles. The van der Waals surface area contributed by atoms with E-state index in [4.69, 9.17) is 4.74 Å². The van der Waals surface area contributed by atoms with Crippen LogP contribution < -0.4 is 4.74 Å². The van der Waals surface area contributed by atoms with Gasteiger partial charge in [-0.25, -0.2) is 4.79 Å². The Balaban J connectivity index is 2.32. The van der Waals surface area contributed by atoms with Gasteiger partial charge in [-0.05, 0) is 35.2 Å². The molecule has 0 radical (unpaired) electrons. The Morgan fingerprint density at radius 1 is 1.14 bits per heavy atom. The molecular formula is C18H22N2O2. The molecule has 1 heterocycles. The normalized spacial score (nSPS) is 11.1. The minimum Gasteiger partial charge on any atom is -0.410 e. The maximum Gasteiger partial charge on any atom is 0.414 e. The lowest BCUT2D eigenvalue weighted by Crippen LogP contribution is -2.25. The van der Waals surface area contributed by atoms with E-state index < -0.39 is 6.09 Å². The summed E-state index contributed by atoms with van der Waals surface area (Å²) >= 11 is 0. The highest BCUT2D eigenvalue weighted by molar-refractivity contribution is 5.71. The van der Waals surface area contributed by atoms with Crippen LogP contribution >= 0.6 is 0 Å². The van der Waals surface area contributed by atoms with Crippen molar-refractivity contribution in [1.82, 2.24) is 9.88 Å². The van der Waals surface area contributed by atoms with Crippen molar-refractivity contribution < 1.29 is 9.53 Å². The molecule has 0 saturated carbocycles. The van der Waals surface area contributed by atoms with Crippen LogP contribution in [0.2, 0.25) is 0 Å². The lowest BCUT2D eigenvalue weighted by Gasteiger charge is -2.19. The van der Waals surface area contributed by atoms with Crippen LogP contribution in [0.25, 0.3) is 11.3 Å². The fraction of sp³-hybridized carbons (Fsp3) is 0.333. The SMILES string of the molecule is CN(C)C(=O)Oc1cccc(-c2cc(C(C)(C)C)ccn2)c1. The van der Waals surface area contributed by atoms with Gasteiger partial charge in [-0.3, -0.25) is 4.98 Å². The van der Waals surface area contributed by atoms with Crippen molar-refractivity contribution in [3.63, 3.8) is 0 Å². The van der Waals surface area contributed by atoms with Gasteiger partial charge in [0.2, 0.25) is 0 Å². The number of nitrogens with zero attached hydrogens (tertiary/aromatic N) is 2. The average Bonchev–Trinajstić information content (AvgIpc) is 2.46. The number of benzene rings is 1. The van der Waals surface area contributed by atoms with Crippen LogP contribution in [0, 0.1) is 0 Å². The second-order valence-corrected chi connectivity index (χ2v) is 6.47. The van der Waals surface area contributed by atoms with Gasteiger partial charge in [-0.2, -0.15) is 0 Å². The standard InChI is InChI=1S/C18H22N2O2/c1-18(2,3)14-9-10-19-16(12-14)13-7-6-8-15(11-13)22-17(21)20(4)5/h6-12H,1-5H3. The zero-order chi connectivity index (χ0) is 16.3. The lowest BCUT2D eigenvalue weighted by molar-refractivity contribution is 0.172. The summed E-state index contributed by atoms with van der Waals surface area (Å²) in [5.74, 6) is 0.513. The highest BCUT2D eigenvalue weighted by atomic mass is 16.6. The molecule has 1 aromatic heterocycles. The predicted molar refractivity (Wildman–Crippen MR) is 88.1 cm³/mol. The molecule has 0 atom stereocenters. The van der Waals surface area contributed by atoms with Crippen molar-refractivity contribution in [3.05, 3.63) is 48.2 Å². The molecule has 0 fully saturated rings. The Morgan fingerprint density at radius 2 is 1.86 bits per heavy atom. The molecule has 0 aliphatic heterocycles. The van der Waals surface area contributed by atoms with Crippen LogP contribution in [0.4, 0.5) is 4.79 Å². The minimum atomic E-state index is -0.395. The summed E-state index contributed by atoms with van der Waals surface area (Å²) in [4.78, 5) is 17.5. The van der Waals surface area contributed by atoms with Gasteiger partial charge in [0, 0.05) is 25.9 Å². The third kappa shape index (κ3) is 3.85. The molecule has 116 valence electrons. The third-order valence-electron chi connectivity index (χ3n) is 3.33. The van der Waals surface area contributed by atoms with Crippen molar-refractivity contribution >= 4 is 6.09 Å². The summed E-state index contributed by atoms with van der Waals surface area (Å²) in [5.41, 5.74) is 3.07. The average molecular weight is 298 g/mol. The van der Waals surface area contributed by atoms with Gasteiger partial charge >= 0.3 is 6.09 Å².